The van der Waals surface area contributed by atoms with Crippen molar-refractivity contribution in [1.82, 2.24) is 15.3 Å². The van der Waals surface area contributed by atoms with Crippen LogP contribution in [0.15, 0.2) is 36.8 Å². The predicted octanol–water partition coefficient (Wildman–Crippen LogP) is 2.38. The number of rotatable bonds is 4. The van der Waals surface area contributed by atoms with E-state index in [0.717, 1.165) is 18.8 Å². The summed E-state index contributed by atoms with van der Waals surface area (Å²) in [5.74, 6) is 0. The van der Waals surface area contributed by atoms with Gasteiger partial charge in [-0.15, -0.1) is 0 Å². The number of nitrogens with one attached hydrogen (secondary N) is 1. The molecule has 0 spiro atoms. The van der Waals surface area contributed by atoms with E-state index >= 15 is 0 Å². The maximum absolute atomic E-state index is 4.35. The molecule has 3 heteroatoms. The smallest absolute Gasteiger partial charge is 0.0570 e. The van der Waals surface area contributed by atoms with Crippen LogP contribution in [0.1, 0.15) is 22.4 Å². The highest BCUT2D eigenvalue weighted by Gasteiger charge is 2.00. The molecule has 0 radical (unpaired) electrons. The van der Waals surface area contributed by atoms with E-state index in [2.05, 4.69) is 35.2 Å². The summed E-state index contributed by atoms with van der Waals surface area (Å²) < 4.78 is 0. The molecule has 0 saturated carbocycles. The zero-order valence-corrected chi connectivity index (χ0v) is 10.3. The molecule has 2 aromatic heterocycles. The number of nitrogens with zero attached hydrogens (tertiary/aromatic N) is 2. The second kappa shape index (κ2) is 5.55. The second-order valence-corrected chi connectivity index (χ2v) is 4.17. The summed E-state index contributed by atoms with van der Waals surface area (Å²) in [6, 6.07) is 6.08. The zero-order valence-electron chi connectivity index (χ0n) is 10.3. The average molecular weight is 227 g/mol. The summed E-state index contributed by atoms with van der Waals surface area (Å²) in [4.78, 5) is 8.49. The minimum Gasteiger partial charge on any atom is -0.307 e. The maximum Gasteiger partial charge on any atom is 0.0570 e. The quantitative estimate of drug-likeness (QED) is 0.871. The molecule has 88 valence electrons. The van der Waals surface area contributed by atoms with Gasteiger partial charge in [-0.2, -0.15) is 0 Å². The molecule has 0 saturated heterocycles. The van der Waals surface area contributed by atoms with Crippen molar-refractivity contribution in [1.29, 1.82) is 0 Å². The Morgan fingerprint density at radius 3 is 2.71 bits per heavy atom. The van der Waals surface area contributed by atoms with Crippen LogP contribution in [0.5, 0.6) is 0 Å². The minimum atomic E-state index is 0.793. The van der Waals surface area contributed by atoms with Gasteiger partial charge >= 0.3 is 0 Å². The third-order valence-corrected chi connectivity index (χ3v) is 2.87. The molecule has 0 bridgehead atoms. The van der Waals surface area contributed by atoms with E-state index in [0.29, 0.717) is 0 Å². The summed E-state index contributed by atoms with van der Waals surface area (Å²) in [5.41, 5.74) is 4.84. The lowest BCUT2D eigenvalue weighted by Gasteiger charge is -2.08. The molecule has 3 nitrogen and oxygen atoms in total. The van der Waals surface area contributed by atoms with Crippen molar-refractivity contribution in [3.63, 3.8) is 0 Å². The van der Waals surface area contributed by atoms with Gasteiger partial charge in [0, 0.05) is 31.7 Å². The van der Waals surface area contributed by atoms with Crippen molar-refractivity contribution in [3.8, 4) is 0 Å². The van der Waals surface area contributed by atoms with Crippen LogP contribution in [0.2, 0.25) is 0 Å². The van der Waals surface area contributed by atoms with Gasteiger partial charge in [0.15, 0.2) is 0 Å². The Morgan fingerprint density at radius 1 is 1.06 bits per heavy atom. The van der Waals surface area contributed by atoms with Gasteiger partial charge < -0.3 is 5.32 Å². The van der Waals surface area contributed by atoms with Crippen LogP contribution in [-0.2, 0) is 13.1 Å². The number of hydrogen-bond acceptors (Lipinski definition) is 3. The fourth-order valence-corrected chi connectivity index (χ4v) is 1.70. The molecular weight excluding hydrogens is 210 g/mol. The van der Waals surface area contributed by atoms with Gasteiger partial charge in [-0.25, -0.2) is 0 Å². The third kappa shape index (κ3) is 3.11. The van der Waals surface area contributed by atoms with Crippen LogP contribution < -0.4 is 5.32 Å². The molecule has 0 amide bonds. The van der Waals surface area contributed by atoms with Gasteiger partial charge in [0.1, 0.15) is 0 Å². The molecule has 2 aromatic rings. The molecular formula is C14H17N3. The molecule has 2 rings (SSSR count). The maximum atomic E-state index is 4.35. The lowest BCUT2D eigenvalue weighted by Crippen LogP contribution is -2.15. The van der Waals surface area contributed by atoms with E-state index in [1.54, 1.807) is 0 Å². The predicted molar refractivity (Wildman–Crippen MR) is 68.5 cm³/mol. The summed E-state index contributed by atoms with van der Waals surface area (Å²) in [7, 11) is 0. The van der Waals surface area contributed by atoms with Crippen LogP contribution in [0.25, 0.3) is 0 Å². The lowest BCUT2D eigenvalue weighted by molar-refractivity contribution is 0.672. The van der Waals surface area contributed by atoms with E-state index in [1.165, 1.54) is 16.7 Å². The van der Waals surface area contributed by atoms with Gasteiger partial charge in [-0.1, -0.05) is 6.07 Å². The van der Waals surface area contributed by atoms with E-state index in [-0.39, 0.29) is 0 Å². The number of pyridine rings is 2. The Hall–Kier alpha value is -1.74. The highest BCUT2D eigenvalue weighted by molar-refractivity contribution is 5.21. The Kier molecular flexibility index (Phi) is 3.83. The van der Waals surface area contributed by atoms with Crippen LogP contribution >= 0.6 is 0 Å². The van der Waals surface area contributed by atoms with Gasteiger partial charge in [0.2, 0.25) is 0 Å². The van der Waals surface area contributed by atoms with Crippen LogP contribution in [-0.4, -0.2) is 9.97 Å². The van der Waals surface area contributed by atoms with Crippen molar-refractivity contribution in [2.24, 2.45) is 0 Å². The molecule has 1 N–H and O–H groups in total. The fourth-order valence-electron chi connectivity index (χ4n) is 1.70. The Bertz CT molecular complexity index is 449. The van der Waals surface area contributed by atoms with Crippen molar-refractivity contribution in [3.05, 3.63) is 59.2 Å². The number of aryl methyl sites for hydroxylation is 2. The SMILES string of the molecule is Cc1ccncc1CNCc1ncccc1C. The largest absolute Gasteiger partial charge is 0.307 e. The first-order valence-electron chi connectivity index (χ1n) is 5.78. The first-order chi connectivity index (χ1) is 8.27. The first-order valence-corrected chi connectivity index (χ1v) is 5.78. The molecule has 0 fully saturated rings. The molecule has 0 unspecified atom stereocenters. The fraction of sp³-hybridized carbons (Fsp3) is 0.286. The highest BCUT2D eigenvalue weighted by atomic mass is 14.9. The minimum absolute atomic E-state index is 0.793. The summed E-state index contributed by atoms with van der Waals surface area (Å²) in [6.45, 7) is 5.81. The molecule has 0 atom stereocenters. The van der Waals surface area contributed by atoms with Crippen molar-refractivity contribution < 1.29 is 0 Å². The first kappa shape index (κ1) is 11.7. The van der Waals surface area contributed by atoms with Gasteiger partial charge in [-0.3, -0.25) is 9.97 Å². The summed E-state index contributed by atoms with van der Waals surface area (Å²) >= 11 is 0. The Labute approximate surface area is 102 Å². The topological polar surface area (TPSA) is 37.8 Å². The Morgan fingerprint density at radius 2 is 1.94 bits per heavy atom. The molecule has 0 aliphatic heterocycles. The molecule has 0 aliphatic rings. The summed E-state index contributed by atoms with van der Waals surface area (Å²) in [6.07, 6.45) is 5.56. The second-order valence-electron chi connectivity index (χ2n) is 4.17. The Balaban J connectivity index is 1.93. The molecule has 17 heavy (non-hydrogen) atoms. The van der Waals surface area contributed by atoms with E-state index in [1.807, 2.05) is 30.7 Å². The van der Waals surface area contributed by atoms with Gasteiger partial charge in [-0.05, 0) is 42.7 Å². The van der Waals surface area contributed by atoms with Crippen LogP contribution in [0.3, 0.4) is 0 Å². The van der Waals surface area contributed by atoms with Crippen molar-refractivity contribution in [2.45, 2.75) is 26.9 Å². The highest BCUT2D eigenvalue weighted by Crippen LogP contribution is 2.06. The third-order valence-electron chi connectivity index (χ3n) is 2.87. The van der Waals surface area contributed by atoms with E-state index in [9.17, 15) is 0 Å². The standard InChI is InChI=1S/C14H17N3/c1-11-5-7-15-8-13(11)9-16-10-14-12(2)4-3-6-17-14/h3-8,16H,9-10H2,1-2H3. The molecule has 0 aromatic carbocycles. The van der Waals surface area contributed by atoms with Gasteiger partial charge in [0.25, 0.3) is 0 Å². The monoisotopic (exact) mass is 227 g/mol. The van der Waals surface area contributed by atoms with E-state index < -0.39 is 0 Å². The molecule has 0 aliphatic carbocycles. The van der Waals surface area contributed by atoms with Crippen molar-refractivity contribution in [2.75, 3.05) is 0 Å². The summed E-state index contributed by atoms with van der Waals surface area (Å²) in [5, 5.41) is 3.40. The van der Waals surface area contributed by atoms with E-state index in [4.69, 9.17) is 0 Å². The molecule has 2 heterocycles. The van der Waals surface area contributed by atoms with Crippen LogP contribution in [0.4, 0.5) is 0 Å². The van der Waals surface area contributed by atoms with Crippen molar-refractivity contribution >= 4 is 0 Å². The normalized spacial score (nSPS) is 10.5. The number of hydrogen-bond donors (Lipinski definition) is 1. The lowest BCUT2D eigenvalue weighted by atomic mass is 10.1. The zero-order chi connectivity index (χ0) is 12.1. The van der Waals surface area contributed by atoms with Gasteiger partial charge in [0.05, 0.1) is 5.69 Å². The van der Waals surface area contributed by atoms with Crippen LogP contribution in [0, 0.1) is 13.8 Å². The average Bonchev–Trinajstić information content (AvgIpc) is 2.34. The number of aromatic nitrogens is 2.